The molecular formula is C37H49N5O8S. The number of sulfonamides is 1. The lowest BCUT2D eigenvalue weighted by Crippen LogP contribution is -2.55. The summed E-state index contributed by atoms with van der Waals surface area (Å²) in [6.07, 6.45) is 1.98. The van der Waals surface area contributed by atoms with Crippen molar-refractivity contribution < 1.29 is 37.1 Å². The van der Waals surface area contributed by atoms with Gasteiger partial charge in [-0.1, -0.05) is 84.8 Å². The van der Waals surface area contributed by atoms with Gasteiger partial charge in [-0.2, -0.15) is 0 Å². The van der Waals surface area contributed by atoms with E-state index >= 15 is 0 Å². The van der Waals surface area contributed by atoms with Crippen LogP contribution in [-0.4, -0.2) is 70.6 Å². The van der Waals surface area contributed by atoms with Crippen LogP contribution >= 0.6 is 0 Å². The Labute approximate surface area is 300 Å². The second kappa shape index (κ2) is 21.4. The molecule has 0 aliphatic rings. The zero-order valence-electron chi connectivity index (χ0n) is 29.1. The van der Waals surface area contributed by atoms with Gasteiger partial charge in [-0.15, -0.1) is 0 Å². The zero-order chi connectivity index (χ0) is 37.1. The first kappa shape index (κ1) is 40.6. The van der Waals surface area contributed by atoms with Crippen LogP contribution in [-0.2, 0) is 46.9 Å². The Morgan fingerprint density at radius 3 is 1.96 bits per heavy atom. The topological polar surface area (TPSA) is 195 Å². The molecule has 0 fully saturated rings. The van der Waals surface area contributed by atoms with Gasteiger partial charge in [-0.05, 0) is 62.3 Å². The number of hydrogen-bond donors (Lipinski definition) is 5. The van der Waals surface area contributed by atoms with Gasteiger partial charge in [0.2, 0.25) is 21.8 Å². The summed E-state index contributed by atoms with van der Waals surface area (Å²) in [4.78, 5) is 51.4. The quantitative estimate of drug-likeness (QED) is 0.0810. The van der Waals surface area contributed by atoms with E-state index in [4.69, 9.17) is 15.2 Å². The van der Waals surface area contributed by atoms with Gasteiger partial charge in [0.15, 0.2) is 0 Å². The first-order chi connectivity index (χ1) is 24.5. The Morgan fingerprint density at radius 1 is 0.725 bits per heavy atom. The highest BCUT2D eigenvalue weighted by Crippen LogP contribution is 2.11. The highest BCUT2D eigenvalue weighted by atomic mass is 32.2. The fourth-order valence-corrected chi connectivity index (χ4v) is 6.14. The van der Waals surface area contributed by atoms with Gasteiger partial charge in [0.1, 0.15) is 18.7 Å². The summed E-state index contributed by atoms with van der Waals surface area (Å²) in [5.41, 5.74) is 8.77. The van der Waals surface area contributed by atoms with Crippen molar-refractivity contribution in [2.45, 2.75) is 81.5 Å². The Morgan fingerprint density at radius 2 is 1.31 bits per heavy atom. The van der Waals surface area contributed by atoms with E-state index in [1.165, 1.54) is 7.11 Å². The van der Waals surface area contributed by atoms with Gasteiger partial charge in [0.05, 0.1) is 18.0 Å². The number of benzene rings is 3. The Hall–Kier alpha value is -4.79. The third kappa shape index (κ3) is 14.9. The molecule has 51 heavy (non-hydrogen) atoms. The SMILES string of the molecule is COC(=O)[C@H](CCCCNC(=O)OCc1ccccc1)NC(=O)[C@H](Cc1ccccc1)NC(=O)[C@H](N)CCCCNS(=O)(=O)c1ccc(C)cc1. The molecule has 0 spiro atoms. The molecule has 6 N–H and O–H groups in total. The number of alkyl carbamates (subject to hydrolysis) is 1. The van der Waals surface area contributed by atoms with Gasteiger partial charge in [-0.3, -0.25) is 9.59 Å². The molecule has 3 rings (SSSR count). The lowest BCUT2D eigenvalue weighted by atomic mass is 10.0. The van der Waals surface area contributed by atoms with Crippen molar-refractivity contribution in [2.75, 3.05) is 20.2 Å². The summed E-state index contributed by atoms with van der Waals surface area (Å²) in [5.74, 6) is -1.77. The number of carbonyl (C=O) groups is 4. The van der Waals surface area contributed by atoms with Crippen molar-refractivity contribution in [3.05, 3.63) is 102 Å². The predicted octanol–water partition coefficient (Wildman–Crippen LogP) is 3.25. The molecule has 13 nitrogen and oxygen atoms in total. The molecular weight excluding hydrogens is 675 g/mol. The molecule has 3 atom stereocenters. The molecule has 0 bridgehead atoms. The molecule has 14 heteroatoms. The lowest BCUT2D eigenvalue weighted by molar-refractivity contribution is -0.145. The van der Waals surface area contributed by atoms with Crippen molar-refractivity contribution in [3.63, 3.8) is 0 Å². The predicted molar refractivity (Wildman–Crippen MR) is 193 cm³/mol. The van der Waals surface area contributed by atoms with E-state index in [2.05, 4.69) is 20.7 Å². The molecule has 3 amide bonds. The van der Waals surface area contributed by atoms with Gasteiger partial charge < -0.3 is 31.2 Å². The number of rotatable bonds is 21. The van der Waals surface area contributed by atoms with E-state index in [0.717, 1.165) is 16.7 Å². The fraction of sp³-hybridized carbons (Fsp3) is 0.405. The number of carbonyl (C=O) groups excluding carboxylic acids is 4. The number of nitrogens with two attached hydrogens (primary N) is 1. The number of ether oxygens (including phenoxy) is 2. The van der Waals surface area contributed by atoms with Crippen LogP contribution in [0, 0.1) is 6.92 Å². The first-order valence-electron chi connectivity index (χ1n) is 17.0. The van der Waals surface area contributed by atoms with Crippen LogP contribution in [0.1, 0.15) is 55.2 Å². The molecule has 0 unspecified atom stereocenters. The van der Waals surface area contributed by atoms with E-state index in [-0.39, 0.29) is 37.3 Å². The molecule has 0 saturated heterocycles. The highest BCUT2D eigenvalue weighted by molar-refractivity contribution is 7.89. The Balaban J connectivity index is 1.48. The van der Waals surface area contributed by atoms with E-state index in [9.17, 15) is 27.6 Å². The minimum Gasteiger partial charge on any atom is -0.467 e. The molecule has 3 aromatic rings. The van der Waals surface area contributed by atoms with Crippen LogP contribution in [0.5, 0.6) is 0 Å². The summed E-state index contributed by atoms with van der Waals surface area (Å²) >= 11 is 0. The minimum atomic E-state index is -3.65. The minimum absolute atomic E-state index is 0.146. The van der Waals surface area contributed by atoms with Crippen LogP contribution in [0.4, 0.5) is 4.79 Å². The monoisotopic (exact) mass is 723 g/mol. The number of unbranched alkanes of at least 4 members (excludes halogenated alkanes) is 2. The Kier molecular flexibility index (Phi) is 17.1. The molecule has 0 aliphatic heterocycles. The highest BCUT2D eigenvalue weighted by Gasteiger charge is 2.28. The molecule has 3 aromatic carbocycles. The molecule has 0 heterocycles. The fourth-order valence-electron chi connectivity index (χ4n) is 5.07. The number of esters is 1. The number of methoxy groups -OCH3 is 1. The summed E-state index contributed by atoms with van der Waals surface area (Å²) in [5, 5.41) is 8.12. The van der Waals surface area contributed by atoms with Gasteiger partial charge in [0.25, 0.3) is 0 Å². The maximum Gasteiger partial charge on any atom is 0.407 e. The summed E-state index contributed by atoms with van der Waals surface area (Å²) in [7, 11) is -2.43. The number of nitrogens with one attached hydrogen (secondary N) is 4. The third-order valence-electron chi connectivity index (χ3n) is 8.02. The normalized spacial score (nSPS) is 12.9. The van der Waals surface area contributed by atoms with Crippen molar-refractivity contribution >= 4 is 33.9 Å². The third-order valence-corrected chi connectivity index (χ3v) is 9.50. The van der Waals surface area contributed by atoms with Crippen LogP contribution in [0.25, 0.3) is 0 Å². The molecule has 276 valence electrons. The summed E-state index contributed by atoms with van der Waals surface area (Å²) in [6, 6.07) is 21.9. The van der Waals surface area contributed by atoms with Crippen LogP contribution in [0.2, 0.25) is 0 Å². The second-order valence-corrected chi connectivity index (χ2v) is 13.9. The first-order valence-corrected chi connectivity index (χ1v) is 18.5. The molecule has 0 radical (unpaired) electrons. The van der Waals surface area contributed by atoms with Gasteiger partial charge >= 0.3 is 12.1 Å². The number of amides is 3. The van der Waals surface area contributed by atoms with E-state index < -0.39 is 52.0 Å². The van der Waals surface area contributed by atoms with Crippen LogP contribution in [0.3, 0.4) is 0 Å². The molecule has 0 aliphatic carbocycles. The summed E-state index contributed by atoms with van der Waals surface area (Å²) in [6.45, 7) is 2.50. The molecule has 0 aromatic heterocycles. The van der Waals surface area contributed by atoms with Crippen LogP contribution in [0.15, 0.2) is 89.8 Å². The van der Waals surface area contributed by atoms with E-state index in [1.807, 2.05) is 67.6 Å². The lowest BCUT2D eigenvalue weighted by Gasteiger charge is -2.24. The standard InChI is InChI=1S/C37H49N5O8S/c1-27-19-21-30(22-20-27)51(47,48)40-24-12-9-17-31(38)34(43)42-33(25-28-13-5-3-6-14-28)35(44)41-32(36(45)49-2)18-10-11-23-39-37(46)50-26-29-15-7-4-8-16-29/h3-8,13-16,19-22,31-33,40H,9-12,17-18,23-26,38H2,1-2H3,(H,39,46)(H,41,44)(H,42,43)/t31-,32+,33+/m1/s1. The van der Waals surface area contributed by atoms with E-state index in [0.29, 0.717) is 32.2 Å². The summed E-state index contributed by atoms with van der Waals surface area (Å²) < 4.78 is 37.7. The Bertz CT molecular complexity index is 1640. The average Bonchev–Trinajstić information content (AvgIpc) is 3.13. The molecule has 0 saturated carbocycles. The number of hydrogen-bond acceptors (Lipinski definition) is 9. The largest absolute Gasteiger partial charge is 0.467 e. The van der Waals surface area contributed by atoms with Crippen molar-refractivity contribution in [3.8, 4) is 0 Å². The van der Waals surface area contributed by atoms with Gasteiger partial charge in [-0.25, -0.2) is 22.7 Å². The average molecular weight is 724 g/mol. The van der Waals surface area contributed by atoms with Crippen molar-refractivity contribution in [1.29, 1.82) is 0 Å². The zero-order valence-corrected chi connectivity index (χ0v) is 30.0. The van der Waals surface area contributed by atoms with Crippen molar-refractivity contribution in [1.82, 2.24) is 20.7 Å². The number of aryl methyl sites for hydroxylation is 1. The smallest absolute Gasteiger partial charge is 0.407 e. The van der Waals surface area contributed by atoms with Gasteiger partial charge in [0, 0.05) is 19.5 Å². The maximum absolute atomic E-state index is 13.5. The van der Waals surface area contributed by atoms with E-state index in [1.54, 1.807) is 24.3 Å². The maximum atomic E-state index is 13.5. The van der Waals surface area contributed by atoms with Crippen LogP contribution < -0.4 is 26.4 Å². The second-order valence-electron chi connectivity index (χ2n) is 12.1. The van der Waals surface area contributed by atoms with Crippen molar-refractivity contribution in [2.24, 2.45) is 5.73 Å².